The van der Waals surface area contributed by atoms with Gasteiger partial charge in [0.25, 0.3) is 5.56 Å². The van der Waals surface area contributed by atoms with Crippen LogP contribution >= 0.6 is 0 Å². The minimum absolute atomic E-state index is 0.0496. The highest BCUT2D eigenvalue weighted by Gasteiger charge is 2.23. The second-order valence-electron chi connectivity index (χ2n) is 8.50. The molecule has 2 N–H and O–H groups in total. The Morgan fingerprint density at radius 3 is 2.21 bits per heavy atom. The van der Waals surface area contributed by atoms with Crippen LogP contribution in [-0.4, -0.2) is 23.1 Å². The van der Waals surface area contributed by atoms with Gasteiger partial charge in [0, 0.05) is 19.2 Å². The first-order valence-electron chi connectivity index (χ1n) is 11.4. The van der Waals surface area contributed by atoms with Crippen LogP contribution in [0.3, 0.4) is 0 Å². The van der Waals surface area contributed by atoms with Gasteiger partial charge in [0.1, 0.15) is 18.3 Å². The number of carbonyl (C=O) groups excluding carboxylic acids is 2. The van der Waals surface area contributed by atoms with Crippen LogP contribution in [0.25, 0.3) is 0 Å². The molecule has 1 aromatic heterocycles. The molecular formula is C27H31N3O4. The number of nitrogens with zero attached hydrogens (tertiary/aromatic N) is 1. The summed E-state index contributed by atoms with van der Waals surface area (Å²) in [4.78, 5) is 38.6. The van der Waals surface area contributed by atoms with Crippen molar-refractivity contribution in [2.45, 2.75) is 39.3 Å². The average Bonchev–Trinajstić information content (AvgIpc) is 2.84. The predicted octanol–water partition coefficient (Wildman–Crippen LogP) is 4.54. The lowest BCUT2D eigenvalue weighted by molar-refractivity contribution is -0.124. The third kappa shape index (κ3) is 7.33. The molecule has 0 radical (unpaired) electrons. The molecule has 7 nitrogen and oxygen atoms in total. The summed E-state index contributed by atoms with van der Waals surface area (Å²) in [5.74, 6) is 0.209. The van der Waals surface area contributed by atoms with Crippen molar-refractivity contribution in [2.24, 2.45) is 5.92 Å². The van der Waals surface area contributed by atoms with E-state index in [1.54, 1.807) is 12.3 Å². The zero-order chi connectivity index (χ0) is 24.3. The van der Waals surface area contributed by atoms with Crippen LogP contribution in [0.5, 0.6) is 0 Å². The van der Waals surface area contributed by atoms with Gasteiger partial charge in [-0.25, -0.2) is 4.79 Å². The van der Waals surface area contributed by atoms with Gasteiger partial charge in [0.15, 0.2) is 0 Å². The Morgan fingerprint density at radius 2 is 1.56 bits per heavy atom. The fourth-order valence-electron chi connectivity index (χ4n) is 3.48. The van der Waals surface area contributed by atoms with Crippen molar-refractivity contribution in [3.05, 3.63) is 100 Å². The maximum absolute atomic E-state index is 13.2. The molecule has 0 unspecified atom stereocenters. The molecule has 1 heterocycles. The third-order valence-corrected chi connectivity index (χ3v) is 5.36. The van der Waals surface area contributed by atoms with E-state index in [0.29, 0.717) is 18.9 Å². The molecule has 2 aromatic carbocycles. The highest BCUT2D eigenvalue weighted by Crippen LogP contribution is 2.15. The van der Waals surface area contributed by atoms with Crippen molar-refractivity contribution >= 4 is 17.7 Å². The highest BCUT2D eigenvalue weighted by atomic mass is 16.5. The van der Waals surface area contributed by atoms with Gasteiger partial charge in [0.2, 0.25) is 5.91 Å². The Kier molecular flexibility index (Phi) is 9.03. The largest absolute Gasteiger partial charge is 0.444 e. The Morgan fingerprint density at radius 1 is 0.912 bits per heavy atom. The summed E-state index contributed by atoms with van der Waals surface area (Å²) in [6, 6.07) is 21.2. The minimum atomic E-state index is -0.760. The van der Waals surface area contributed by atoms with Gasteiger partial charge in [-0.1, -0.05) is 74.5 Å². The number of pyridine rings is 1. The van der Waals surface area contributed by atoms with E-state index in [0.717, 1.165) is 17.5 Å². The topological polar surface area (TPSA) is 89.4 Å². The Labute approximate surface area is 199 Å². The van der Waals surface area contributed by atoms with E-state index in [9.17, 15) is 14.4 Å². The summed E-state index contributed by atoms with van der Waals surface area (Å²) >= 11 is 0. The summed E-state index contributed by atoms with van der Waals surface area (Å²) < 4.78 is 6.59. The number of rotatable bonds is 10. The molecule has 0 aliphatic rings. The van der Waals surface area contributed by atoms with Crippen molar-refractivity contribution in [1.82, 2.24) is 9.88 Å². The third-order valence-electron chi connectivity index (χ3n) is 5.36. The van der Waals surface area contributed by atoms with Gasteiger partial charge in [-0.2, -0.15) is 0 Å². The maximum Gasteiger partial charge on any atom is 0.412 e. The van der Waals surface area contributed by atoms with Gasteiger partial charge in [-0.15, -0.1) is 0 Å². The molecule has 3 rings (SSSR count). The molecule has 7 heteroatoms. The molecule has 0 fully saturated rings. The van der Waals surface area contributed by atoms with Crippen molar-refractivity contribution in [3.8, 4) is 0 Å². The molecule has 3 aromatic rings. The second kappa shape index (κ2) is 12.4. The summed E-state index contributed by atoms with van der Waals surface area (Å²) in [7, 11) is 0. The Hall–Kier alpha value is -3.87. The van der Waals surface area contributed by atoms with Crippen molar-refractivity contribution in [3.63, 3.8) is 0 Å². The lowest BCUT2D eigenvalue weighted by Gasteiger charge is -2.21. The number of anilines is 1. The summed E-state index contributed by atoms with van der Waals surface area (Å²) in [6.45, 7) is 4.79. The smallest absolute Gasteiger partial charge is 0.412 e. The predicted molar refractivity (Wildman–Crippen MR) is 133 cm³/mol. The van der Waals surface area contributed by atoms with E-state index in [-0.39, 0.29) is 18.2 Å². The summed E-state index contributed by atoms with van der Waals surface area (Å²) in [6.07, 6.45) is 2.02. The molecule has 178 valence electrons. The van der Waals surface area contributed by atoms with Gasteiger partial charge >= 0.3 is 6.09 Å². The molecule has 0 spiro atoms. The number of benzene rings is 2. The molecule has 1 atom stereocenters. The van der Waals surface area contributed by atoms with E-state index in [1.807, 2.05) is 60.7 Å². The van der Waals surface area contributed by atoms with E-state index in [4.69, 9.17) is 4.74 Å². The fourth-order valence-corrected chi connectivity index (χ4v) is 3.48. The number of ether oxygens (including phenoxy) is 1. The van der Waals surface area contributed by atoms with Gasteiger partial charge in [0.05, 0.1) is 0 Å². The van der Waals surface area contributed by atoms with Gasteiger partial charge < -0.3 is 14.6 Å². The molecular weight excluding hydrogens is 430 g/mol. The minimum Gasteiger partial charge on any atom is -0.444 e. The molecule has 0 bridgehead atoms. The summed E-state index contributed by atoms with van der Waals surface area (Å²) in [5, 5.41) is 5.46. The van der Waals surface area contributed by atoms with Crippen molar-refractivity contribution in [1.29, 1.82) is 0 Å². The standard InChI is InChI=1S/C27H31N3O4/c1-20(2)15-16-28-25(31)24(18-21-10-5-3-6-11-21)30-17-9-14-23(26(30)32)29-27(33)34-19-22-12-7-4-8-13-22/h3-14,17,20,24H,15-16,18-19H2,1-2H3,(H,28,31)(H,29,33)/t24-/m1/s1. The van der Waals surface area contributed by atoms with Crippen LogP contribution in [-0.2, 0) is 22.6 Å². The van der Waals surface area contributed by atoms with Gasteiger partial charge in [-0.05, 0) is 35.6 Å². The van der Waals surface area contributed by atoms with Gasteiger partial charge in [-0.3, -0.25) is 14.9 Å². The monoisotopic (exact) mass is 461 g/mol. The van der Waals surface area contributed by atoms with Crippen LogP contribution in [0.1, 0.15) is 37.4 Å². The van der Waals surface area contributed by atoms with Crippen LogP contribution in [0.2, 0.25) is 0 Å². The van der Waals surface area contributed by atoms with Crippen LogP contribution < -0.4 is 16.2 Å². The molecule has 34 heavy (non-hydrogen) atoms. The molecule has 0 aliphatic carbocycles. The Balaban J connectivity index is 1.77. The van der Waals surface area contributed by atoms with Crippen molar-refractivity contribution in [2.75, 3.05) is 11.9 Å². The van der Waals surface area contributed by atoms with E-state index >= 15 is 0 Å². The second-order valence-corrected chi connectivity index (χ2v) is 8.50. The molecule has 0 saturated heterocycles. The zero-order valence-electron chi connectivity index (χ0n) is 19.6. The number of nitrogens with one attached hydrogen (secondary N) is 2. The molecule has 0 aliphatic heterocycles. The number of hydrogen-bond acceptors (Lipinski definition) is 4. The zero-order valence-corrected chi connectivity index (χ0v) is 19.6. The van der Waals surface area contributed by atoms with Crippen molar-refractivity contribution < 1.29 is 14.3 Å². The number of aromatic nitrogens is 1. The first kappa shape index (κ1) is 24.8. The normalized spacial score (nSPS) is 11.6. The summed E-state index contributed by atoms with van der Waals surface area (Å²) in [5.41, 5.74) is 1.34. The van der Waals surface area contributed by atoms with Crippen LogP contribution in [0.15, 0.2) is 83.8 Å². The quantitative estimate of drug-likeness (QED) is 0.464. The first-order valence-corrected chi connectivity index (χ1v) is 11.4. The number of amides is 2. The first-order chi connectivity index (χ1) is 16.4. The fraction of sp³-hybridized carbons (Fsp3) is 0.296. The average molecular weight is 462 g/mol. The SMILES string of the molecule is CC(C)CCNC(=O)[C@@H](Cc1ccccc1)n1cccc(NC(=O)OCc2ccccc2)c1=O. The lowest BCUT2D eigenvalue weighted by Crippen LogP contribution is -2.39. The van der Waals surface area contributed by atoms with E-state index in [1.165, 1.54) is 10.6 Å². The van der Waals surface area contributed by atoms with Crippen LogP contribution in [0, 0.1) is 5.92 Å². The molecule has 0 saturated carbocycles. The Bertz CT molecular complexity index is 1130. The number of carbonyl (C=O) groups is 2. The van der Waals surface area contributed by atoms with E-state index < -0.39 is 17.7 Å². The van der Waals surface area contributed by atoms with E-state index in [2.05, 4.69) is 24.5 Å². The molecule has 2 amide bonds. The lowest BCUT2D eigenvalue weighted by atomic mass is 10.0. The highest BCUT2D eigenvalue weighted by molar-refractivity contribution is 5.84. The maximum atomic E-state index is 13.2. The number of hydrogen-bond donors (Lipinski definition) is 2. The van der Waals surface area contributed by atoms with Crippen LogP contribution in [0.4, 0.5) is 10.5 Å².